The van der Waals surface area contributed by atoms with E-state index < -0.39 is 5.91 Å². The molecular formula is C9H12N4O2S. The first-order valence-electron chi connectivity index (χ1n) is 4.63. The Morgan fingerprint density at radius 2 is 2.12 bits per heavy atom. The summed E-state index contributed by atoms with van der Waals surface area (Å²) in [6.07, 6.45) is 0.764. The molecule has 0 fully saturated rings. The smallest absolute Gasteiger partial charge is 0.273 e. The van der Waals surface area contributed by atoms with E-state index in [1.165, 1.54) is 18.3 Å². The lowest BCUT2D eigenvalue weighted by atomic mass is 10.4. The first-order valence-corrected chi connectivity index (χ1v) is 5.44. The molecule has 7 heteroatoms. The van der Waals surface area contributed by atoms with Crippen LogP contribution in [0.15, 0.2) is 12.3 Å². The number of amides is 2. The Balaban J connectivity index is 2.57. The third-order valence-corrected chi connectivity index (χ3v) is 2.57. The van der Waals surface area contributed by atoms with Gasteiger partial charge in [-0.3, -0.25) is 14.9 Å². The standard InChI is InChI=1S/C9H12N4O2S/c1-4-7-12-13-9(16-7)11-8(15)5(2)10-6(3)14/h2,4H2,1,3H3,(H,10,14)(H,11,13,15). The number of hydrogen-bond donors (Lipinski definition) is 2. The van der Waals surface area contributed by atoms with Crippen molar-refractivity contribution in [2.75, 3.05) is 5.32 Å². The third-order valence-electron chi connectivity index (χ3n) is 1.59. The van der Waals surface area contributed by atoms with Crippen LogP contribution in [0, 0.1) is 0 Å². The van der Waals surface area contributed by atoms with Crippen LogP contribution in [0.4, 0.5) is 5.13 Å². The highest BCUT2D eigenvalue weighted by Gasteiger charge is 2.11. The molecule has 0 aromatic carbocycles. The largest absolute Gasteiger partial charge is 0.322 e. The van der Waals surface area contributed by atoms with Gasteiger partial charge in [-0.05, 0) is 6.42 Å². The topological polar surface area (TPSA) is 84.0 Å². The highest BCUT2D eigenvalue weighted by Crippen LogP contribution is 2.15. The lowest BCUT2D eigenvalue weighted by Gasteiger charge is -2.04. The maximum absolute atomic E-state index is 11.5. The Morgan fingerprint density at radius 3 is 2.62 bits per heavy atom. The van der Waals surface area contributed by atoms with Gasteiger partial charge in [0.15, 0.2) is 0 Å². The minimum Gasteiger partial charge on any atom is -0.322 e. The first kappa shape index (κ1) is 12.3. The molecule has 0 aliphatic rings. The van der Waals surface area contributed by atoms with E-state index in [1.54, 1.807) is 0 Å². The van der Waals surface area contributed by atoms with Crippen LogP contribution in [-0.4, -0.2) is 22.0 Å². The van der Waals surface area contributed by atoms with E-state index in [-0.39, 0.29) is 11.6 Å². The number of hydrogen-bond acceptors (Lipinski definition) is 5. The van der Waals surface area contributed by atoms with E-state index in [1.807, 2.05) is 6.92 Å². The molecule has 0 radical (unpaired) electrons. The Hall–Kier alpha value is -1.76. The molecule has 2 N–H and O–H groups in total. The quantitative estimate of drug-likeness (QED) is 0.758. The Labute approximate surface area is 96.8 Å². The fourth-order valence-corrected chi connectivity index (χ4v) is 1.56. The summed E-state index contributed by atoms with van der Waals surface area (Å²) in [5.74, 6) is -0.833. The van der Waals surface area contributed by atoms with Gasteiger partial charge in [-0.25, -0.2) is 0 Å². The van der Waals surface area contributed by atoms with Gasteiger partial charge in [-0.1, -0.05) is 24.8 Å². The molecule has 0 atom stereocenters. The lowest BCUT2D eigenvalue weighted by Crippen LogP contribution is -2.28. The molecule has 0 bridgehead atoms. The molecule has 0 unspecified atom stereocenters. The fourth-order valence-electron chi connectivity index (χ4n) is 0.889. The normalized spacial score (nSPS) is 9.62. The zero-order valence-electron chi connectivity index (χ0n) is 9.03. The molecule has 1 aromatic rings. The van der Waals surface area contributed by atoms with E-state index in [4.69, 9.17) is 0 Å². The van der Waals surface area contributed by atoms with Gasteiger partial charge in [0.25, 0.3) is 5.91 Å². The van der Waals surface area contributed by atoms with Gasteiger partial charge in [0.05, 0.1) is 5.70 Å². The summed E-state index contributed by atoms with van der Waals surface area (Å²) in [6.45, 7) is 6.68. The molecule has 0 aliphatic heterocycles. The molecule has 2 amide bonds. The number of carbonyl (C=O) groups is 2. The summed E-state index contributed by atoms with van der Waals surface area (Å²) in [5, 5.41) is 13.6. The number of anilines is 1. The van der Waals surface area contributed by atoms with Crippen molar-refractivity contribution in [2.24, 2.45) is 0 Å². The van der Waals surface area contributed by atoms with Crippen molar-refractivity contribution in [2.45, 2.75) is 20.3 Å². The molecule has 0 saturated heterocycles. The zero-order chi connectivity index (χ0) is 12.1. The SMILES string of the molecule is C=C(NC(C)=O)C(=O)Nc1nnc(CC)s1. The molecule has 0 saturated carbocycles. The fraction of sp³-hybridized carbons (Fsp3) is 0.333. The summed E-state index contributed by atoms with van der Waals surface area (Å²) >= 11 is 1.29. The van der Waals surface area contributed by atoms with Crippen molar-refractivity contribution in [3.05, 3.63) is 17.3 Å². The van der Waals surface area contributed by atoms with Crippen LogP contribution in [0.5, 0.6) is 0 Å². The van der Waals surface area contributed by atoms with Crippen LogP contribution in [0.25, 0.3) is 0 Å². The summed E-state index contributed by atoms with van der Waals surface area (Å²) in [5.41, 5.74) is -0.0132. The zero-order valence-corrected chi connectivity index (χ0v) is 9.85. The van der Waals surface area contributed by atoms with Crippen LogP contribution in [0.3, 0.4) is 0 Å². The number of aromatic nitrogens is 2. The second kappa shape index (κ2) is 5.36. The highest BCUT2D eigenvalue weighted by molar-refractivity contribution is 7.15. The second-order valence-electron chi connectivity index (χ2n) is 2.97. The number of carbonyl (C=O) groups excluding carboxylic acids is 2. The third kappa shape index (κ3) is 3.43. The lowest BCUT2D eigenvalue weighted by molar-refractivity contribution is -0.120. The van der Waals surface area contributed by atoms with Crippen LogP contribution in [-0.2, 0) is 16.0 Å². The van der Waals surface area contributed by atoms with Gasteiger partial charge in [0, 0.05) is 6.92 Å². The molecule has 0 aliphatic carbocycles. The molecule has 16 heavy (non-hydrogen) atoms. The number of nitrogens with zero attached hydrogens (tertiary/aromatic N) is 2. The highest BCUT2D eigenvalue weighted by atomic mass is 32.1. The van der Waals surface area contributed by atoms with Crippen LogP contribution in [0.2, 0.25) is 0 Å². The molecule has 86 valence electrons. The van der Waals surface area contributed by atoms with Crippen molar-refractivity contribution in [1.82, 2.24) is 15.5 Å². The van der Waals surface area contributed by atoms with Gasteiger partial charge < -0.3 is 5.32 Å². The number of aryl methyl sites for hydroxylation is 1. The van der Waals surface area contributed by atoms with Gasteiger partial charge in [0.2, 0.25) is 11.0 Å². The number of rotatable bonds is 4. The van der Waals surface area contributed by atoms with Gasteiger partial charge in [0.1, 0.15) is 5.01 Å². The molecule has 1 rings (SSSR count). The molecular weight excluding hydrogens is 228 g/mol. The summed E-state index contributed by atoms with van der Waals surface area (Å²) in [4.78, 5) is 22.1. The average molecular weight is 240 g/mol. The molecule has 1 aromatic heterocycles. The van der Waals surface area contributed by atoms with E-state index in [0.717, 1.165) is 11.4 Å². The van der Waals surface area contributed by atoms with Gasteiger partial charge in [-0.15, -0.1) is 10.2 Å². The summed E-state index contributed by atoms with van der Waals surface area (Å²) in [7, 11) is 0. The van der Waals surface area contributed by atoms with Crippen molar-refractivity contribution in [1.29, 1.82) is 0 Å². The Bertz CT molecular complexity index is 427. The first-order chi connectivity index (χ1) is 7.52. The summed E-state index contributed by atoms with van der Waals surface area (Å²) in [6, 6.07) is 0. The van der Waals surface area contributed by atoms with Crippen molar-refractivity contribution < 1.29 is 9.59 Å². The number of nitrogens with one attached hydrogen (secondary N) is 2. The van der Waals surface area contributed by atoms with E-state index in [2.05, 4.69) is 27.4 Å². The maximum atomic E-state index is 11.5. The van der Waals surface area contributed by atoms with E-state index in [0.29, 0.717) is 5.13 Å². The molecule has 0 spiro atoms. The minimum atomic E-state index is -0.492. The average Bonchev–Trinajstić information content (AvgIpc) is 2.64. The Morgan fingerprint density at radius 1 is 1.44 bits per heavy atom. The predicted octanol–water partition coefficient (Wildman–Crippen LogP) is 0.689. The summed E-state index contributed by atoms with van der Waals surface area (Å²) < 4.78 is 0. The maximum Gasteiger partial charge on any atom is 0.273 e. The van der Waals surface area contributed by atoms with Crippen molar-refractivity contribution >= 4 is 28.3 Å². The van der Waals surface area contributed by atoms with Crippen molar-refractivity contribution in [3.8, 4) is 0 Å². The van der Waals surface area contributed by atoms with Crippen LogP contribution < -0.4 is 10.6 Å². The van der Waals surface area contributed by atoms with Crippen LogP contribution in [0.1, 0.15) is 18.9 Å². The molecule has 1 heterocycles. The molecule has 6 nitrogen and oxygen atoms in total. The van der Waals surface area contributed by atoms with Crippen LogP contribution >= 0.6 is 11.3 Å². The van der Waals surface area contributed by atoms with Gasteiger partial charge >= 0.3 is 0 Å². The Kier molecular flexibility index (Phi) is 4.12. The monoisotopic (exact) mass is 240 g/mol. The van der Waals surface area contributed by atoms with E-state index >= 15 is 0 Å². The van der Waals surface area contributed by atoms with E-state index in [9.17, 15) is 9.59 Å². The van der Waals surface area contributed by atoms with Gasteiger partial charge in [-0.2, -0.15) is 0 Å². The second-order valence-corrected chi connectivity index (χ2v) is 4.03. The predicted molar refractivity (Wildman–Crippen MR) is 60.9 cm³/mol. The minimum absolute atomic E-state index is 0.0132. The van der Waals surface area contributed by atoms with Crippen molar-refractivity contribution in [3.63, 3.8) is 0 Å².